The molecule has 0 bridgehead atoms. The standard InChI is InChI=1S/C10H7BrN2OS2/c11-7-3-1-6(2-4-7)5-8-9(14)13(12)10(15)16-8/h1-5H,12H2/b8-5+. The van der Waals surface area contributed by atoms with Crippen molar-refractivity contribution in [2.75, 3.05) is 0 Å². The minimum absolute atomic E-state index is 0.252. The van der Waals surface area contributed by atoms with Crippen molar-refractivity contribution in [3.05, 3.63) is 39.2 Å². The van der Waals surface area contributed by atoms with E-state index in [9.17, 15) is 4.79 Å². The topological polar surface area (TPSA) is 46.3 Å². The number of nitrogens with zero attached hydrogens (tertiary/aromatic N) is 1. The van der Waals surface area contributed by atoms with Gasteiger partial charge in [0.2, 0.25) is 0 Å². The number of carbonyl (C=O) groups excluding carboxylic acids is 1. The molecule has 2 N–H and O–H groups in total. The van der Waals surface area contributed by atoms with E-state index in [1.54, 1.807) is 6.08 Å². The van der Waals surface area contributed by atoms with Crippen LogP contribution in [0.2, 0.25) is 0 Å². The Balaban J connectivity index is 2.29. The van der Waals surface area contributed by atoms with E-state index >= 15 is 0 Å². The normalized spacial score (nSPS) is 18.6. The molecule has 1 heterocycles. The van der Waals surface area contributed by atoms with Gasteiger partial charge < -0.3 is 0 Å². The molecular weight excluding hydrogens is 308 g/mol. The van der Waals surface area contributed by atoms with Crippen molar-refractivity contribution in [3.8, 4) is 0 Å². The average molecular weight is 315 g/mol. The van der Waals surface area contributed by atoms with Crippen molar-refractivity contribution in [2.24, 2.45) is 5.84 Å². The van der Waals surface area contributed by atoms with Crippen molar-refractivity contribution < 1.29 is 4.79 Å². The van der Waals surface area contributed by atoms with E-state index in [0.29, 0.717) is 9.23 Å². The maximum atomic E-state index is 11.6. The summed E-state index contributed by atoms with van der Waals surface area (Å²) in [5, 5.41) is 0.991. The molecule has 6 heteroatoms. The number of hydrazine groups is 1. The first-order valence-electron chi connectivity index (χ1n) is 4.36. The molecule has 1 aliphatic heterocycles. The Bertz CT molecular complexity index is 484. The van der Waals surface area contributed by atoms with E-state index < -0.39 is 0 Å². The van der Waals surface area contributed by atoms with Gasteiger partial charge in [0.25, 0.3) is 5.91 Å². The highest BCUT2D eigenvalue weighted by molar-refractivity contribution is 9.10. The zero-order valence-electron chi connectivity index (χ0n) is 8.01. The molecule has 0 aromatic heterocycles. The molecule has 0 spiro atoms. The summed E-state index contributed by atoms with van der Waals surface area (Å²) in [5.74, 6) is 5.21. The van der Waals surface area contributed by atoms with Gasteiger partial charge in [0.15, 0.2) is 4.32 Å². The van der Waals surface area contributed by atoms with Crippen LogP contribution in [-0.2, 0) is 4.79 Å². The first-order chi connectivity index (χ1) is 7.58. The van der Waals surface area contributed by atoms with Crippen LogP contribution in [0, 0.1) is 0 Å². The van der Waals surface area contributed by atoms with E-state index in [0.717, 1.165) is 15.0 Å². The SMILES string of the molecule is NN1C(=O)/C(=C\c2ccc(Br)cc2)SC1=S. The fraction of sp³-hybridized carbons (Fsp3) is 0. The van der Waals surface area contributed by atoms with Gasteiger partial charge >= 0.3 is 0 Å². The van der Waals surface area contributed by atoms with Crippen LogP contribution in [0.15, 0.2) is 33.6 Å². The van der Waals surface area contributed by atoms with Gasteiger partial charge in [-0.15, -0.1) is 0 Å². The Morgan fingerprint density at radius 2 is 2.00 bits per heavy atom. The third-order valence-electron chi connectivity index (χ3n) is 1.99. The lowest BCUT2D eigenvalue weighted by molar-refractivity contribution is -0.122. The number of thiocarbonyl (C=S) groups is 1. The summed E-state index contributed by atoms with van der Waals surface area (Å²) in [7, 11) is 0. The molecule has 82 valence electrons. The molecule has 0 unspecified atom stereocenters. The van der Waals surface area contributed by atoms with E-state index in [1.807, 2.05) is 24.3 Å². The Kier molecular flexibility index (Phi) is 3.44. The maximum Gasteiger partial charge on any atom is 0.280 e. The van der Waals surface area contributed by atoms with Crippen LogP contribution in [0.3, 0.4) is 0 Å². The molecule has 2 rings (SSSR count). The highest BCUT2D eigenvalue weighted by Crippen LogP contribution is 2.30. The molecule has 0 atom stereocenters. The second kappa shape index (κ2) is 4.67. The molecule has 0 saturated carbocycles. The fourth-order valence-corrected chi connectivity index (χ4v) is 2.56. The predicted octanol–water partition coefficient (Wildman–Crippen LogP) is 2.52. The number of nitrogens with two attached hydrogens (primary N) is 1. The van der Waals surface area contributed by atoms with Crippen LogP contribution in [-0.4, -0.2) is 15.2 Å². The summed E-state index contributed by atoms with van der Waals surface area (Å²) < 4.78 is 1.38. The third-order valence-corrected chi connectivity index (χ3v) is 3.85. The van der Waals surface area contributed by atoms with E-state index in [1.165, 1.54) is 11.8 Å². The van der Waals surface area contributed by atoms with Crippen LogP contribution in [0.5, 0.6) is 0 Å². The van der Waals surface area contributed by atoms with Crippen molar-refractivity contribution in [3.63, 3.8) is 0 Å². The largest absolute Gasteiger partial charge is 0.280 e. The molecular formula is C10H7BrN2OS2. The number of thioether (sulfide) groups is 1. The van der Waals surface area contributed by atoms with E-state index in [4.69, 9.17) is 18.1 Å². The maximum absolute atomic E-state index is 11.6. The summed E-state index contributed by atoms with van der Waals surface area (Å²) >= 11 is 9.49. The summed E-state index contributed by atoms with van der Waals surface area (Å²) in [6, 6.07) is 7.64. The summed E-state index contributed by atoms with van der Waals surface area (Å²) in [6.45, 7) is 0. The van der Waals surface area contributed by atoms with Gasteiger partial charge in [-0.1, -0.05) is 52.0 Å². The zero-order chi connectivity index (χ0) is 11.7. The number of rotatable bonds is 1. The lowest BCUT2D eigenvalue weighted by Crippen LogP contribution is -2.34. The van der Waals surface area contributed by atoms with Crippen LogP contribution >= 0.6 is 39.9 Å². The number of hydrogen-bond donors (Lipinski definition) is 1. The summed E-state index contributed by atoms with van der Waals surface area (Å²) in [5.41, 5.74) is 0.942. The molecule has 0 aliphatic carbocycles. The van der Waals surface area contributed by atoms with Gasteiger partial charge in [-0.2, -0.15) is 0 Å². The minimum Gasteiger partial charge on any atom is -0.267 e. The van der Waals surface area contributed by atoms with Gasteiger partial charge in [0.1, 0.15) is 0 Å². The Morgan fingerprint density at radius 1 is 1.38 bits per heavy atom. The monoisotopic (exact) mass is 314 g/mol. The molecule has 3 nitrogen and oxygen atoms in total. The van der Waals surface area contributed by atoms with Crippen LogP contribution < -0.4 is 5.84 Å². The molecule has 0 radical (unpaired) electrons. The summed E-state index contributed by atoms with van der Waals surface area (Å²) in [6.07, 6.45) is 1.78. The Labute approximate surface area is 111 Å². The number of hydrogen-bond acceptors (Lipinski definition) is 4. The van der Waals surface area contributed by atoms with Crippen molar-refractivity contribution in [1.29, 1.82) is 0 Å². The third kappa shape index (κ3) is 2.35. The summed E-state index contributed by atoms with van der Waals surface area (Å²) in [4.78, 5) is 12.2. The molecule has 1 aromatic carbocycles. The first-order valence-corrected chi connectivity index (χ1v) is 6.38. The second-order valence-corrected chi connectivity index (χ2v) is 5.69. The van der Waals surface area contributed by atoms with Crippen LogP contribution in [0.25, 0.3) is 6.08 Å². The Hall–Kier alpha value is -0.690. The number of benzene rings is 1. The minimum atomic E-state index is -0.252. The average Bonchev–Trinajstić information content (AvgIpc) is 2.50. The van der Waals surface area contributed by atoms with E-state index in [2.05, 4.69) is 15.9 Å². The van der Waals surface area contributed by atoms with Gasteiger partial charge in [-0.3, -0.25) is 4.79 Å². The van der Waals surface area contributed by atoms with Crippen molar-refractivity contribution in [2.45, 2.75) is 0 Å². The predicted molar refractivity (Wildman–Crippen MR) is 73.3 cm³/mol. The zero-order valence-corrected chi connectivity index (χ0v) is 11.2. The van der Waals surface area contributed by atoms with Crippen LogP contribution in [0.4, 0.5) is 0 Å². The Morgan fingerprint density at radius 3 is 2.50 bits per heavy atom. The van der Waals surface area contributed by atoms with E-state index in [-0.39, 0.29) is 5.91 Å². The van der Waals surface area contributed by atoms with Gasteiger partial charge in [0.05, 0.1) is 4.91 Å². The number of halogens is 1. The first kappa shape index (κ1) is 11.8. The molecule has 16 heavy (non-hydrogen) atoms. The molecule has 1 fully saturated rings. The molecule has 1 amide bonds. The van der Waals surface area contributed by atoms with Gasteiger partial charge in [-0.25, -0.2) is 10.9 Å². The van der Waals surface area contributed by atoms with Crippen molar-refractivity contribution >= 4 is 56.2 Å². The van der Waals surface area contributed by atoms with Crippen molar-refractivity contribution in [1.82, 2.24) is 5.01 Å². The smallest absolute Gasteiger partial charge is 0.267 e. The molecule has 1 aromatic rings. The van der Waals surface area contributed by atoms with Gasteiger partial charge in [0, 0.05) is 4.47 Å². The molecule has 1 saturated heterocycles. The highest BCUT2D eigenvalue weighted by Gasteiger charge is 2.29. The number of amides is 1. The van der Waals surface area contributed by atoms with Gasteiger partial charge in [-0.05, 0) is 23.8 Å². The molecule has 1 aliphatic rings. The fourth-order valence-electron chi connectivity index (χ4n) is 1.19. The highest BCUT2D eigenvalue weighted by atomic mass is 79.9. The lowest BCUT2D eigenvalue weighted by Gasteiger charge is -2.02. The van der Waals surface area contributed by atoms with Crippen LogP contribution in [0.1, 0.15) is 5.56 Å². The quantitative estimate of drug-likeness (QED) is 0.374. The second-order valence-electron chi connectivity index (χ2n) is 3.10. The number of carbonyl (C=O) groups is 1. The lowest BCUT2D eigenvalue weighted by atomic mass is 10.2.